The molecule has 0 aromatic rings. The molecule has 37 valence electrons. The van der Waals surface area contributed by atoms with Gasteiger partial charge in [-0.3, -0.25) is 0 Å². The zero-order chi connectivity index (χ0) is 4.83. The van der Waals surface area contributed by atoms with Crippen LogP contribution < -0.4 is 4.84 Å². The van der Waals surface area contributed by atoms with Crippen molar-refractivity contribution in [1.82, 2.24) is 4.84 Å². The third kappa shape index (κ3) is 4.21. The van der Waals surface area contributed by atoms with Gasteiger partial charge in [-0.15, -0.1) is 4.84 Å². The molecule has 0 N–H and O–H groups in total. The Morgan fingerprint density at radius 3 is 2.67 bits per heavy atom. The number of methoxy groups -OCH3 is 1. The molecule has 0 aliphatic rings. The topological polar surface area (TPSA) is 23.3 Å². The minimum atomic E-state index is 0.581. The van der Waals surface area contributed by atoms with E-state index in [1.54, 1.807) is 7.11 Å². The van der Waals surface area contributed by atoms with Crippen LogP contribution in [0.15, 0.2) is 0 Å². The van der Waals surface area contributed by atoms with E-state index in [1.807, 2.05) is 0 Å². The van der Waals surface area contributed by atoms with Gasteiger partial charge < -0.3 is 4.74 Å². The average molecular weight is 109 g/mol. The summed E-state index contributed by atoms with van der Waals surface area (Å²) >= 11 is 4.93. The smallest absolute Gasteiger partial charge is 0.0618 e. The van der Waals surface area contributed by atoms with Crippen LogP contribution in [0.3, 0.4) is 0 Å². The summed E-state index contributed by atoms with van der Waals surface area (Å²) < 4.78 is 4.60. The highest BCUT2D eigenvalue weighted by molar-refractivity contribution is 6.13. The van der Waals surface area contributed by atoms with Crippen molar-refractivity contribution >= 4 is 11.8 Å². The first kappa shape index (κ1) is 6.21. The maximum absolute atomic E-state index is 4.93. The Hall–Kier alpha value is 0.210. The van der Waals surface area contributed by atoms with Crippen LogP contribution in [-0.2, 0) is 4.74 Å². The number of nitrogens with zero attached hydrogens (tertiary/aromatic N) is 1. The number of halogens is 1. The van der Waals surface area contributed by atoms with Crippen molar-refractivity contribution in [2.45, 2.75) is 0 Å². The highest BCUT2D eigenvalue weighted by Crippen LogP contribution is 1.67. The molecule has 0 aromatic heterocycles. The number of rotatable bonds is 3. The van der Waals surface area contributed by atoms with Crippen LogP contribution >= 0.6 is 11.8 Å². The summed E-state index contributed by atoms with van der Waals surface area (Å²) in [4.78, 5) is 3.27. The monoisotopic (exact) mass is 108 g/mol. The zero-order valence-electron chi connectivity index (χ0n) is 3.65. The van der Waals surface area contributed by atoms with E-state index in [4.69, 9.17) is 11.8 Å². The Morgan fingerprint density at radius 1 is 1.83 bits per heavy atom. The van der Waals surface area contributed by atoms with Gasteiger partial charge in [0.2, 0.25) is 0 Å². The summed E-state index contributed by atoms with van der Waals surface area (Å²) in [7, 11) is 1.61. The van der Waals surface area contributed by atoms with Gasteiger partial charge in [0, 0.05) is 7.11 Å². The van der Waals surface area contributed by atoms with E-state index in [0.29, 0.717) is 13.2 Å². The summed E-state index contributed by atoms with van der Waals surface area (Å²) in [5, 5.41) is 0. The molecular weight excluding hydrogens is 101 g/mol. The first-order valence-electron chi connectivity index (χ1n) is 1.68. The Bertz CT molecular complexity index is 22.8. The second kappa shape index (κ2) is 5.21. The molecule has 0 aliphatic heterocycles. The molecule has 3 heteroatoms. The van der Waals surface area contributed by atoms with Crippen LogP contribution in [0.2, 0.25) is 0 Å². The second-order valence-electron chi connectivity index (χ2n) is 0.836. The molecule has 0 bridgehead atoms. The fraction of sp³-hybridized carbons (Fsp3) is 1.00. The van der Waals surface area contributed by atoms with Gasteiger partial charge in [-0.1, -0.05) is 0 Å². The maximum Gasteiger partial charge on any atom is 0.0618 e. The van der Waals surface area contributed by atoms with Gasteiger partial charge in [0.1, 0.15) is 0 Å². The molecule has 0 rings (SSSR count). The molecule has 0 fully saturated rings. The summed E-state index contributed by atoms with van der Waals surface area (Å²) in [6.45, 7) is 1.20. The highest BCUT2D eigenvalue weighted by Gasteiger charge is 1.76. The maximum atomic E-state index is 4.93. The lowest BCUT2D eigenvalue weighted by Gasteiger charge is -1.88. The van der Waals surface area contributed by atoms with Gasteiger partial charge in [0.15, 0.2) is 0 Å². The summed E-state index contributed by atoms with van der Waals surface area (Å²) in [5.41, 5.74) is 0. The lowest BCUT2D eigenvalue weighted by atomic mass is 10.7. The Morgan fingerprint density at radius 2 is 2.50 bits per heavy atom. The molecule has 0 amide bonds. The zero-order valence-corrected chi connectivity index (χ0v) is 4.40. The number of hydrogen-bond acceptors (Lipinski definition) is 1. The van der Waals surface area contributed by atoms with Crippen LogP contribution in [0.25, 0.3) is 0 Å². The Kier molecular flexibility index (Phi) is 5.39. The molecule has 0 unspecified atom stereocenters. The summed E-state index contributed by atoms with van der Waals surface area (Å²) in [6, 6.07) is 0. The molecule has 0 atom stereocenters. The molecule has 0 heterocycles. The van der Waals surface area contributed by atoms with Gasteiger partial charge in [-0.2, -0.15) is 0 Å². The molecular formula is C3H7ClNO. The normalized spacial score (nSPS) is 9.00. The van der Waals surface area contributed by atoms with Crippen LogP contribution in [0.5, 0.6) is 0 Å². The molecule has 0 aromatic carbocycles. The summed E-state index contributed by atoms with van der Waals surface area (Å²) in [6.07, 6.45) is 0. The first-order chi connectivity index (χ1) is 2.91. The van der Waals surface area contributed by atoms with E-state index in [2.05, 4.69) is 9.57 Å². The molecule has 2 nitrogen and oxygen atoms in total. The SMILES string of the molecule is COCC[N]Cl. The molecule has 6 heavy (non-hydrogen) atoms. The molecule has 0 aliphatic carbocycles. The molecule has 0 saturated heterocycles. The van der Waals surface area contributed by atoms with Crippen LogP contribution in [0.1, 0.15) is 0 Å². The van der Waals surface area contributed by atoms with Crippen LogP contribution in [-0.4, -0.2) is 20.3 Å². The lowest BCUT2D eigenvalue weighted by molar-refractivity contribution is 0.204. The minimum absolute atomic E-state index is 0.581. The van der Waals surface area contributed by atoms with Crippen molar-refractivity contribution in [2.24, 2.45) is 0 Å². The third-order valence-corrected chi connectivity index (χ3v) is 0.549. The fourth-order valence-corrected chi connectivity index (χ4v) is 0.195. The molecule has 0 spiro atoms. The van der Waals surface area contributed by atoms with Gasteiger partial charge in [0.05, 0.1) is 13.2 Å². The highest BCUT2D eigenvalue weighted by atomic mass is 35.5. The Labute approximate surface area is 42.5 Å². The van der Waals surface area contributed by atoms with Gasteiger partial charge in [-0.05, 0) is 11.8 Å². The largest absolute Gasteiger partial charge is 0.383 e. The van der Waals surface area contributed by atoms with E-state index in [0.717, 1.165) is 0 Å². The predicted molar refractivity (Wildman–Crippen MR) is 24.7 cm³/mol. The van der Waals surface area contributed by atoms with E-state index >= 15 is 0 Å². The predicted octanol–water partition coefficient (Wildman–Crippen LogP) is 0.391. The summed E-state index contributed by atoms with van der Waals surface area (Å²) in [5.74, 6) is 0. The Balaban J connectivity index is 2.34. The van der Waals surface area contributed by atoms with Crippen molar-refractivity contribution < 1.29 is 4.74 Å². The standard InChI is InChI=1S/C3H7ClNO/c1-6-3-2-5-4/h2-3H2,1H3. The fourth-order valence-electron chi connectivity index (χ4n) is 0.126. The molecule has 1 radical (unpaired) electrons. The number of ether oxygens (including phenoxy) is 1. The van der Waals surface area contributed by atoms with E-state index in [9.17, 15) is 0 Å². The van der Waals surface area contributed by atoms with Crippen LogP contribution in [0, 0.1) is 0 Å². The lowest BCUT2D eigenvalue weighted by Crippen LogP contribution is -2.00. The number of hydrogen-bond donors (Lipinski definition) is 0. The van der Waals surface area contributed by atoms with Crippen molar-refractivity contribution in [1.29, 1.82) is 0 Å². The minimum Gasteiger partial charge on any atom is -0.383 e. The third-order valence-electron chi connectivity index (χ3n) is 0.380. The molecule has 0 saturated carbocycles. The van der Waals surface area contributed by atoms with Crippen molar-refractivity contribution in [3.8, 4) is 0 Å². The quantitative estimate of drug-likeness (QED) is 0.480. The van der Waals surface area contributed by atoms with Crippen molar-refractivity contribution in [3.05, 3.63) is 0 Å². The second-order valence-corrected chi connectivity index (χ2v) is 1.07. The van der Waals surface area contributed by atoms with Crippen molar-refractivity contribution in [2.75, 3.05) is 20.3 Å². The average Bonchev–Trinajstić information content (AvgIpc) is 1.61. The van der Waals surface area contributed by atoms with Gasteiger partial charge in [0.25, 0.3) is 0 Å². The van der Waals surface area contributed by atoms with Gasteiger partial charge in [-0.25, -0.2) is 0 Å². The first-order valence-corrected chi connectivity index (χ1v) is 2.02. The van der Waals surface area contributed by atoms with E-state index in [1.165, 1.54) is 0 Å². The van der Waals surface area contributed by atoms with Crippen LogP contribution in [0.4, 0.5) is 0 Å². The van der Waals surface area contributed by atoms with E-state index < -0.39 is 0 Å². The van der Waals surface area contributed by atoms with E-state index in [-0.39, 0.29) is 0 Å². The van der Waals surface area contributed by atoms with Gasteiger partial charge >= 0.3 is 0 Å². The van der Waals surface area contributed by atoms with Crippen molar-refractivity contribution in [3.63, 3.8) is 0 Å².